The van der Waals surface area contributed by atoms with Gasteiger partial charge in [0.15, 0.2) is 5.13 Å². The first kappa shape index (κ1) is 15.3. The number of amides is 1. The Bertz CT molecular complexity index is 857. The predicted molar refractivity (Wildman–Crippen MR) is 94.1 cm³/mol. The molecule has 0 spiro atoms. The van der Waals surface area contributed by atoms with Gasteiger partial charge in [-0.25, -0.2) is 9.97 Å². The number of carbonyl (C=O) groups is 1. The second kappa shape index (κ2) is 6.33. The quantitative estimate of drug-likeness (QED) is 0.792. The number of anilines is 1. The molecule has 1 amide bonds. The molecule has 1 atom stereocenters. The molecule has 1 aliphatic heterocycles. The number of aromatic nitrogens is 3. The Balaban J connectivity index is 1.50. The lowest BCUT2D eigenvalue weighted by Gasteiger charge is -2.22. The molecule has 1 saturated heterocycles. The van der Waals surface area contributed by atoms with Crippen molar-refractivity contribution in [2.75, 3.05) is 11.9 Å². The highest BCUT2D eigenvalue weighted by molar-refractivity contribution is 7.13. The number of thiazole rings is 1. The molecular formula is C17H19N5OS. The van der Waals surface area contributed by atoms with Crippen molar-refractivity contribution < 1.29 is 4.79 Å². The van der Waals surface area contributed by atoms with Gasteiger partial charge in [0.1, 0.15) is 5.65 Å². The Morgan fingerprint density at radius 3 is 3.21 bits per heavy atom. The molecule has 1 aliphatic rings. The lowest BCUT2D eigenvalue weighted by Crippen LogP contribution is -2.39. The van der Waals surface area contributed by atoms with Crippen molar-refractivity contribution in [2.45, 2.75) is 32.4 Å². The van der Waals surface area contributed by atoms with E-state index in [0.29, 0.717) is 11.7 Å². The molecular weight excluding hydrogens is 322 g/mol. The van der Waals surface area contributed by atoms with Gasteiger partial charge in [-0.2, -0.15) is 0 Å². The molecule has 0 unspecified atom stereocenters. The van der Waals surface area contributed by atoms with E-state index in [9.17, 15) is 4.79 Å². The molecule has 124 valence electrons. The lowest BCUT2D eigenvalue weighted by molar-refractivity contribution is -0.120. The lowest BCUT2D eigenvalue weighted by atomic mass is 10.2. The first-order valence-corrected chi connectivity index (χ1v) is 8.96. The minimum absolute atomic E-state index is 0.0300. The SMILES string of the molecule is Cc1cccn2cc(CN3CCC[C@@H]3C(=O)Nc3nccs3)nc12. The Morgan fingerprint density at radius 2 is 2.42 bits per heavy atom. The van der Waals surface area contributed by atoms with Crippen molar-refractivity contribution in [2.24, 2.45) is 0 Å². The smallest absolute Gasteiger partial charge is 0.243 e. The Kier molecular flexibility index (Phi) is 4.03. The van der Waals surface area contributed by atoms with Crippen LogP contribution in [-0.4, -0.2) is 37.8 Å². The molecule has 6 nitrogen and oxygen atoms in total. The monoisotopic (exact) mass is 341 g/mol. The van der Waals surface area contributed by atoms with E-state index in [-0.39, 0.29) is 11.9 Å². The number of imidazole rings is 1. The molecule has 0 saturated carbocycles. The highest BCUT2D eigenvalue weighted by atomic mass is 32.1. The van der Waals surface area contributed by atoms with E-state index in [2.05, 4.69) is 34.4 Å². The number of hydrogen-bond acceptors (Lipinski definition) is 5. The Labute approximate surface area is 144 Å². The van der Waals surface area contributed by atoms with Gasteiger partial charge >= 0.3 is 0 Å². The molecule has 4 heterocycles. The maximum atomic E-state index is 12.5. The first-order valence-electron chi connectivity index (χ1n) is 8.08. The van der Waals surface area contributed by atoms with E-state index in [0.717, 1.165) is 36.3 Å². The van der Waals surface area contributed by atoms with Crippen LogP contribution in [0.25, 0.3) is 5.65 Å². The van der Waals surface area contributed by atoms with E-state index in [1.54, 1.807) is 6.20 Å². The number of pyridine rings is 1. The van der Waals surface area contributed by atoms with Gasteiger partial charge in [0.25, 0.3) is 0 Å². The molecule has 0 aliphatic carbocycles. The molecule has 3 aromatic heterocycles. The van der Waals surface area contributed by atoms with Gasteiger partial charge < -0.3 is 9.72 Å². The average Bonchev–Trinajstić information content (AvgIpc) is 3.28. The van der Waals surface area contributed by atoms with Crippen molar-refractivity contribution >= 4 is 28.0 Å². The van der Waals surface area contributed by atoms with Gasteiger partial charge in [-0.1, -0.05) is 6.07 Å². The number of nitrogens with zero attached hydrogens (tertiary/aromatic N) is 4. The predicted octanol–water partition coefficient (Wildman–Crippen LogP) is 2.70. The number of hydrogen-bond donors (Lipinski definition) is 1. The molecule has 24 heavy (non-hydrogen) atoms. The molecule has 0 radical (unpaired) electrons. The minimum atomic E-state index is -0.111. The van der Waals surface area contributed by atoms with Crippen molar-refractivity contribution in [3.05, 3.63) is 47.4 Å². The highest BCUT2D eigenvalue weighted by Crippen LogP contribution is 2.22. The van der Waals surface area contributed by atoms with Crippen LogP contribution in [0, 0.1) is 6.92 Å². The van der Waals surface area contributed by atoms with E-state index >= 15 is 0 Å². The second-order valence-corrected chi connectivity index (χ2v) is 7.00. The summed E-state index contributed by atoms with van der Waals surface area (Å²) in [6.45, 7) is 3.67. The van der Waals surface area contributed by atoms with Gasteiger partial charge in [-0.3, -0.25) is 9.69 Å². The van der Waals surface area contributed by atoms with Crippen LogP contribution in [0.3, 0.4) is 0 Å². The summed E-state index contributed by atoms with van der Waals surface area (Å²) in [5, 5.41) is 5.44. The van der Waals surface area contributed by atoms with Crippen molar-refractivity contribution in [1.29, 1.82) is 0 Å². The third kappa shape index (κ3) is 2.92. The zero-order valence-electron chi connectivity index (χ0n) is 13.5. The highest BCUT2D eigenvalue weighted by Gasteiger charge is 2.31. The van der Waals surface area contributed by atoms with Gasteiger partial charge in [-0.15, -0.1) is 11.3 Å². The Hall–Kier alpha value is -2.25. The summed E-state index contributed by atoms with van der Waals surface area (Å²) in [4.78, 5) is 23.6. The average molecular weight is 341 g/mol. The fourth-order valence-corrected chi connectivity index (χ4v) is 3.81. The molecule has 1 N–H and O–H groups in total. The third-order valence-electron chi connectivity index (χ3n) is 4.42. The summed E-state index contributed by atoms with van der Waals surface area (Å²) >= 11 is 1.44. The molecule has 3 aromatic rings. The standard InChI is InChI=1S/C17H19N5OS/c1-12-4-2-8-22-11-13(19-15(12)22)10-21-7-3-5-14(21)16(23)20-17-18-6-9-24-17/h2,4,6,8-9,11,14H,3,5,7,10H2,1H3,(H,18,20,23)/t14-/m1/s1. The maximum absolute atomic E-state index is 12.5. The number of aryl methyl sites for hydroxylation is 1. The maximum Gasteiger partial charge on any atom is 0.243 e. The fraction of sp³-hybridized carbons (Fsp3) is 0.353. The summed E-state index contributed by atoms with van der Waals surface area (Å²) in [6, 6.07) is 3.97. The van der Waals surface area contributed by atoms with Crippen molar-refractivity contribution in [1.82, 2.24) is 19.3 Å². The molecule has 0 aromatic carbocycles. The van der Waals surface area contributed by atoms with Crippen molar-refractivity contribution in [3.8, 4) is 0 Å². The van der Waals surface area contributed by atoms with Gasteiger partial charge in [0, 0.05) is 30.5 Å². The first-order chi connectivity index (χ1) is 11.7. The number of likely N-dealkylation sites (tertiary alicyclic amines) is 1. The van der Waals surface area contributed by atoms with E-state index in [1.807, 2.05) is 22.0 Å². The number of nitrogens with one attached hydrogen (secondary N) is 1. The van der Waals surface area contributed by atoms with Crippen LogP contribution in [0.2, 0.25) is 0 Å². The molecule has 7 heteroatoms. The summed E-state index contributed by atoms with van der Waals surface area (Å²) in [5.41, 5.74) is 3.14. The van der Waals surface area contributed by atoms with E-state index in [4.69, 9.17) is 4.98 Å². The van der Waals surface area contributed by atoms with Crippen LogP contribution in [0.4, 0.5) is 5.13 Å². The van der Waals surface area contributed by atoms with Crippen LogP contribution >= 0.6 is 11.3 Å². The fourth-order valence-electron chi connectivity index (χ4n) is 3.27. The van der Waals surface area contributed by atoms with Crippen LogP contribution in [0.1, 0.15) is 24.1 Å². The second-order valence-electron chi connectivity index (χ2n) is 6.11. The summed E-state index contributed by atoms with van der Waals surface area (Å²) in [7, 11) is 0. The van der Waals surface area contributed by atoms with Crippen LogP contribution in [0.5, 0.6) is 0 Å². The normalized spacial score (nSPS) is 18.3. The number of carbonyl (C=O) groups excluding carboxylic acids is 1. The molecule has 1 fully saturated rings. The van der Waals surface area contributed by atoms with Gasteiger partial charge in [0.05, 0.1) is 11.7 Å². The zero-order valence-corrected chi connectivity index (χ0v) is 14.3. The van der Waals surface area contributed by atoms with E-state index < -0.39 is 0 Å². The number of rotatable bonds is 4. The van der Waals surface area contributed by atoms with Crippen molar-refractivity contribution in [3.63, 3.8) is 0 Å². The van der Waals surface area contributed by atoms with Gasteiger partial charge in [0.2, 0.25) is 5.91 Å². The van der Waals surface area contributed by atoms with E-state index in [1.165, 1.54) is 11.3 Å². The minimum Gasteiger partial charge on any atom is -0.307 e. The zero-order chi connectivity index (χ0) is 16.5. The van der Waals surface area contributed by atoms with Crippen LogP contribution < -0.4 is 5.32 Å². The van der Waals surface area contributed by atoms with Gasteiger partial charge in [-0.05, 0) is 37.9 Å². The number of fused-ring (bicyclic) bond motifs is 1. The summed E-state index contributed by atoms with van der Waals surface area (Å²) < 4.78 is 2.05. The van der Waals surface area contributed by atoms with Crippen LogP contribution in [-0.2, 0) is 11.3 Å². The molecule has 0 bridgehead atoms. The topological polar surface area (TPSA) is 62.5 Å². The third-order valence-corrected chi connectivity index (χ3v) is 5.11. The largest absolute Gasteiger partial charge is 0.307 e. The molecule has 4 rings (SSSR count). The van der Waals surface area contributed by atoms with Crippen LogP contribution in [0.15, 0.2) is 36.1 Å². The Morgan fingerprint density at radius 1 is 1.50 bits per heavy atom. The summed E-state index contributed by atoms with van der Waals surface area (Å²) in [5.74, 6) is 0.0300. The summed E-state index contributed by atoms with van der Waals surface area (Å²) in [6.07, 6.45) is 7.67.